The van der Waals surface area contributed by atoms with Crippen molar-refractivity contribution in [3.8, 4) is 5.69 Å². The highest BCUT2D eigenvalue weighted by atomic mass is 79.9. The van der Waals surface area contributed by atoms with Crippen molar-refractivity contribution in [1.29, 1.82) is 0 Å². The molecule has 0 amide bonds. The molecule has 0 aliphatic heterocycles. The highest BCUT2D eigenvalue weighted by molar-refractivity contribution is 9.10. The van der Waals surface area contributed by atoms with Crippen molar-refractivity contribution in [2.24, 2.45) is 0 Å². The van der Waals surface area contributed by atoms with E-state index in [0.717, 1.165) is 11.1 Å². The maximum absolute atomic E-state index is 9.12. The largest absolute Gasteiger partial charge is 0.367 e. The average molecular weight is 406 g/mol. The Bertz CT molecular complexity index is 893. The number of aliphatic hydroxyl groups is 2. The molecule has 3 aromatic rings. The number of rotatable bonds is 5. The van der Waals surface area contributed by atoms with E-state index in [1.807, 2.05) is 10.6 Å². The quantitative estimate of drug-likeness (QED) is 0.502. The van der Waals surface area contributed by atoms with Gasteiger partial charge in [-0.2, -0.15) is 0 Å². The molecule has 0 radical (unpaired) electrons. The third-order valence-corrected chi connectivity index (χ3v) is 5.65. The molecule has 2 aromatic carbocycles. The van der Waals surface area contributed by atoms with Crippen LogP contribution in [0.3, 0.4) is 0 Å². The van der Waals surface area contributed by atoms with E-state index < -0.39 is 6.29 Å². The second-order valence-electron chi connectivity index (χ2n) is 5.87. The van der Waals surface area contributed by atoms with Crippen molar-refractivity contribution in [2.75, 3.05) is 5.75 Å². The first-order valence-corrected chi connectivity index (χ1v) is 9.55. The molecule has 0 saturated heterocycles. The summed E-state index contributed by atoms with van der Waals surface area (Å²) in [6.45, 7) is 0. The van der Waals surface area contributed by atoms with Crippen LogP contribution in [0.5, 0.6) is 0 Å². The van der Waals surface area contributed by atoms with Crippen LogP contribution in [0.15, 0.2) is 46.3 Å². The van der Waals surface area contributed by atoms with Gasteiger partial charge in [0.2, 0.25) is 4.73 Å². The smallest absolute Gasteiger partial charge is 0.205 e. The van der Waals surface area contributed by atoms with E-state index in [4.69, 9.17) is 10.2 Å². The van der Waals surface area contributed by atoms with E-state index in [9.17, 15) is 0 Å². The standard InChI is InChI=1S/C17H16BrN3O2S/c18-16-19-20-17(24-9-15(22)23)21(16)14-8-7-11(10-5-6-10)12-3-1-2-4-13(12)14/h1-4,7-8,10,15,22-23H,5-6,9H2. The van der Waals surface area contributed by atoms with Crippen molar-refractivity contribution >= 4 is 38.5 Å². The van der Waals surface area contributed by atoms with Gasteiger partial charge in [-0.05, 0) is 51.7 Å². The summed E-state index contributed by atoms with van der Waals surface area (Å²) < 4.78 is 2.51. The number of benzene rings is 2. The molecular weight excluding hydrogens is 390 g/mol. The van der Waals surface area contributed by atoms with Crippen LogP contribution >= 0.6 is 27.7 Å². The van der Waals surface area contributed by atoms with Crippen molar-refractivity contribution in [2.45, 2.75) is 30.2 Å². The molecule has 1 aliphatic rings. The van der Waals surface area contributed by atoms with Gasteiger partial charge in [-0.3, -0.25) is 4.57 Å². The minimum Gasteiger partial charge on any atom is -0.367 e. The molecule has 1 fully saturated rings. The summed E-state index contributed by atoms with van der Waals surface area (Å²) in [6, 6.07) is 12.7. The van der Waals surface area contributed by atoms with Gasteiger partial charge >= 0.3 is 0 Å². The van der Waals surface area contributed by atoms with Gasteiger partial charge in [-0.25, -0.2) is 0 Å². The highest BCUT2D eigenvalue weighted by Gasteiger charge is 2.26. The minimum absolute atomic E-state index is 0.142. The summed E-state index contributed by atoms with van der Waals surface area (Å²) in [5, 5.41) is 29.5. The van der Waals surface area contributed by atoms with E-state index in [1.54, 1.807) is 0 Å². The number of hydrogen-bond donors (Lipinski definition) is 2. The molecule has 0 bridgehead atoms. The molecule has 1 aromatic heterocycles. The zero-order valence-corrected chi connectivity index (χ0v) is 15.2. The van der Waals surface area contributed by atoms with Crippen molar-refractivity contribution < 1.29 is 10.2 Å². The van der Waals surface area contributed by atoms with Gasteiger partial charge in [0.25, 0.3) is 0 Å². The molecule has 1 aliphatic carbocycles. The van der Waals surface area contributed by atoms with Crippen LogP contribution < -0.4 is 0 Å². The van der Waals surface area contributed by atoms with Crippen LogP contribution in [0.4, 0.5) is 0 Å². The SMILES string of the molecule is OC(O)CSc1nnc(Br)n1-c1ccc(C2CC2)c2ccccc12. The second-order valence-corrected chi connectivity index (χ2v) is 7.57. The van der Waals surface area contributed by atoms with Crippen LogP contribution in [0.1, 0.15) is 24.3 Å². The molecule has 5 nitrogen and oxygen atoms in total. The fraction of sp³-hybridized carbons (Fsp3) is 0.294. The Hall–Kier alpha value is -1.41. The summed E-state index contributed by atoms with van der Waals surface area (Å²) in [7, 11) is 0. The van der Waals surface area contributed by atoms with Gasteiger partial charge in [0.15, 0.2) is 11.4 Å². The van der Waals surface area contributed by atoms with Gasteiger partial charge in [0.1, 0.15) is 0 Å². The van der Waals surface area contributed by atoms with Crippen LogP contribution in [-0.2, 0) is 0 Å². The number of nitrogens with zero attached hydrogens (tertiary/aromatic N) is 3. The first kappa shape index (κ1) is 16.1. The van der Waals surface area contributed by atoms with Crippen molar-refractivity contribution in [3.63, 3.8) is 0 Å². The summed E-state index contributed by atoms with van der Waals surface area (Å²) in [4.78, 5) is 0. The molecule has 0 spiro atoms. The molecule has 124 valence electrons. The zero-order valence-electron chi connectivity index (χ0n) is 12.8. The Labute approximate surface area is 151 Å². The molecule has 2 N–H and O–H groups in total. The second kappa shape index (κ2) is 6.48. The summed E-state index contributed by atoms with van der Waals surface area (Å²) in [6.07, 6.45) is 1.14. The first-order valence-electron chi connectivity index (χ1n) is 7.77. The monoisotopic (exact) mass is 405 g/mol. The molecule has 0 atom stereocenters. The fourth-order valence-corrected chi connectivity index (χ4v) is 4.22. The molecule has 24 heavy (non-hydrogen) atoms. The van der Waals surface area contributed by atoms with E-state index in [-0.39, 0.29) is 5.75 Å². The Morgan fingerprint density at radius 1 is 1.12 bits per heavy atom. The van der Waals surface area contributed by atoms with Crippen LogP contribution in [0.2, 0.25) is 0 Å². The van der Waals surface area contributed by atoms with Crippen LogP contribution in [0, 0.1) is 0 Å². The predicted octanol–water partition coefficient (Wildman–Crippen LogP) is 3.46. The number of aliphatic hydroxyl groups excluding tert-OH is 1. The number of aromatic nitrogens is 3. The Balaban J connectivity index is 1.85. The van der Waals surface area contributed by atoms with Gasteiger partial charge in [-0.15, -0.1) is 10.2 Å². The number of hydrogen-bond acceptors (Lipinski definition) is 5. The maximum Gasteiger partial charge on any atom is 0.205 e. The Morgan fingerprint density at radius 3 is 2.58 bits per heavy atom. The lowest BCUT2D eigenvalue weighted by molar-refractivity contribution is -0.0186. The lowest BCUT2D eigenvalue weighted by Gasteiger charge is -2.14. The third kappa shape index (κ3) is 2.97. The summed E-state index contributed by atoms with van der Waals surface area (Å²) in [5.41, 5.74) is 2.39. The normalized spacial score (nSPS) is 14.7. The molecule has 4 rings (SSSR count). The first-order chi connectivity index (χ1) is 11.6. The average Bonchev–Trinajstić information content (AvgIpc) is 3.35. The van der Waals surface area contributed by atoms with E-state index in [2.05, 4.69) is 56.5 Å². The zero-order chi connectivity index (χ0) is 16.7. The van der Waals surface area contributed by atoms with Crippen molar-refractivity contribution in [1.82, 2.24) is 14.8 Å². The molecule has 1 heterocycles. The molecule has 0 unspecified atom stereocenters. The van der Waals surface area contributed by atoms with Gasteiger partial charge in [0.05, 0.1) is 11.4 Å². The molecule has 1 saturated carbocycles. The summed E-state index contributed by atoms with van der Waals surface area (Å²) >= 11 is 4.72. The summed E-state index contributed by atoms with van der Waals surface area (Å²) in [5.74, 6) is 0.815. The molecular formula is C17H16BrN3O2S. The van der Waals surface area contributed by atoms with E-state index in [1.165, 1.54) is 35.6 Å². The highest BCUT2D eigenvalue weighted by Crippen LogP contribution is 2.44. The topological polar surface area (TPSA) is 71.2 Å². The van der Waals surface area contributed by atoms with Crippen molar-refractivity contribution in [3.05, 3.63) is 46.7 Å². The number of thioether (sulfide) groups is 1. The number of fused-ring (bicyclic) bond motifs is 1. The van der Waals surface area contributed by atoms with Gasteiger partial charge < -0.3 is 10.2 Å². The predicted molar refractivity (Wildman–Crippen MR) is 97.5 cm³/mol. The van der Waals surface area contributed by atoms with Crippen LogP contribution in [0.25, 0.3) is 16.5 Å². The fourth-order valence-electron chi connectivity index (χ4n) is 2.95. The number of halogens is 1. The van der Waals surface area contributed by atoms with E-state index in [0.29, 0.717) is 15.8 Å². The van der Waals surface area contributed by atoms with Gasteiger partial charge in [0, 0.05) is 5.39 Å². The van der Waals surface area contributed by atoms with E-state index >= 15 is 0 Å². The third-order valence-electron chi connectivity index (χ3n) is 4.15. The van der Waals surface area contributed by atoms with Gasteiger partial charge in [-0.1, -0.05) is 42.1 Å². The Kier molecular flexibility index (Phi) is 4.34. The van der Waals surface area contributed by atoms with Crippen LogP contribution in [-0.4, -0.2) is 37.0 Å². The lowest BCUT2D eigenvalue weighted by Crippen LogP contribution is -2.08. The Morgan fingerprint density at radius 2 is 1.88 bits per heavy atom. The lowest BCUT2D eigenvalue weighted by atomic mass is 9.99. The molecule has 7 heteroatoms. The maximum atomic E-state index is 9.12. The minimum atomic E-state index is -1.38.